The highest BCUT2D eigenvalue weighted by Crippen LogP contribution is 2.32. The summed E-state index contributed by atoms with van der Waals surface area (Å²) >= 11 is 0. The van der Waals surface area contributed by atoms with Crippen molar-refractivity contribution in [2.24, 2.45) is 5.92 Å². The number of esters is 3. The highest BCUT2D eigenvalue weighted by Gasteiger charge is 2.42. The number of carbonyl (C=O) groups excluding carboxylic acids is 3. The molecule has 0 amide bonds. The highest BCUT2D eigenvalue weighted by molar-refractivity contribution is 6.05. The fraction of sp³-hybridized carbons (Fsp3) is 0.429. The number of ether oxygens (including phenoxy) is 3. The van der Waals surface area contributed by atoms with E-state index in [4.69, 9.17) is 5.11 Å². The Morgan fingerprint density at radius 1 is 1.00 bits per heavy atom. The first-order valence-corrected chi connectivity index (χ1v) is 6.48. The van der Waals surface area contributed by atoms with E-state index in [-0.39, 0.29) is 16.8 Å². The monoisotopic (exact) mass is 327 g/mol. The zero-order valence-corrected chi connectivity index (χ0v) is 13.1. The maximum absolute atomic E-state index is 12.1. The van der Waals surface area contributed by atoms with Gasteiger partial charge >= 0.3 is 23.9 Å². The number of carbonyl (C=O) groups is 4. The molecule has 2 N–H and O–H groups in total. The van der Waals surface area contributed by atoms with Crippen LogP contribution in [0.5, 0.6) is 0 Å². The van der Waals surface area contributed by atoms with Gasteiger partial charge in [-0.25, -0.2) is 14.4 Å². The lowest BCUT2D eigenvalue weighted by Crippen LogP contribution is -2.38. The van der Waals surface area contributed by atoms with Gasteiger partial charge in [0.25, 0.3) is 0 Å². The van der Waals surface area contributed by atoms with E-state index in [9.17, 15) is 19.2 Å². The van der Waals surface area contributed by atoms with Gasteiger partial charge in [-0.2, -0.15) is 0 Å². The van der Waals surface area contributed by atoms with Gasteiger partial charge in [0.2, 0.25) is 0 Å². The second-order valence-electron chi connectivity index (χ2n) is 4.62. The number of aliphatic carboxylic acids is 1. The lowest BCUT2D eigenvalue weighted by atomic mass is 9.85. The third-order valence-corrected chi connectivity index (χ3v) is 3.15. The van der Waals surface area contributed by atoms with Crippen LogP contribution < -0.4 is 5.32 Å². The predicted molar refractivity (Wildman–Crippen MR) is 74.7 cm³/mol. The van der Waals surface area contributed by atoms with Gasteiger partial charge in [0.05, 0.1) is 25.4 Å². The molecule has 0 fully saturated rings. The van der Waals surface area contributed by atoms with Crippen molar-refractivity contribution in [3.63, 3.8) is 0 Å². The van der Waals surface area contributed by atoms with Crippen molar-refractivity contribution in [1.29, 1.82) is 0 Å². The SMILES string of the molecule is COC(=O)C1=C(C)NC(C)=C(C(=O)OCC(=O)O)C1C(=O)OC. The van der Waals surface area contributed by atoms with Crippen molar-refractivity contribution in [3.05, 3.63) is 22.5 Å². The van der Waals surface area contributed by atoms with E-state index < -0.39 is 36.4 Å². The smallest absolute Gasteiger partial charge is 0.341 e. The molecule has 9 nitrogen and oxygen atoms in total. The van der Waals surface area contributed by atoms with Crippen LogP contribution in [-0.4, -0.2) is 49.8 Å². The highest BCUT2D eigenvalue weighted by atomic mass is 16.6. The van der Waals surface area contributed by atoms with E-state index in [1.54, 1.807) is 0 Å². The molecule has 1 heterocycles. The fourth-order valence-corrected chi connectivity index (χ4v) is 2.20. The van der Waals surface area contributed by atoms with Crippen molar-refractivity contribution in [2.75, 3.05) is 20.8 Å². The summed E-state index contributed by atoms with van der Waals surface area (Å²) in [4.78, 5) is 46.7. The first-order valence-electron chi connectivity index (χ1n) is 6.48. The minimum atomic E-state index is -1.37. The Balaban J connectivity index is 3.32. The molecular formula is C14H17NO8. The summed E-state index contributed by atoms with van der Waals surface area (Å²) in [6.07, 6.45) is 0. The fourth-order valence-electron chi connectivity index (χ4n) is 2.20. The molecule has 0 aromatic rings. The largest absolute Gasteiger partial charge is 0.479 e. The first kappa shape index (κ1) is 18.2. The Bertz CT molecular complexity index is 616. The zero-order chi connectivity index (χ0) is 17.7. The van der Waals surface area contributed by atoms with Crippen molar-refractivity contribution in [1.82, 2.24) is 5.32 Å². The number of dihydropyridines is 1. The number of methoxy groups -OCH3 is 2. The van der Waals surface area contributed by atoms with Crippen molar-refractivity contribution >= 4 is 23.9 Å². The van der Waals surface area contributed by atoms with Crippen LogP contribution in [0, 0.1) is 5.92 Å². The van der Waals surface area contributed by atoms with E-state index in [0.717, 1.165) is 14.2 Å². The van der Waals surface area contributed by atoms with Crippen molar-refractivity contribution < 1.29 is 38.5 Å². The van der Waals surface area contributed by atoms with Gasteiger partial charge in [-0.05, 0) is 13.8 Å². The molecule has 1 aliphatic rings. The third kappa shape index (κ3) is 3.87. The summed E-state index contributed by atoms with van der Waals surface area (Å²) in [5, 5.41) is 11.4. The molecule has 0 spiro atoms. The first-order chi connectivity index (χ1) is 10.7. The number of hydrogen-bond acceptors (Lipinski definition) is 8. The minimum Gasteiger partial charge on any atom is -0.479 e. The average Bonchev–Trinajstić information content (AvgIpc) is 2.50. The van der Waals surface area contributed by atoms with Crippen LogP contribution >= 0.6 is 0 Å². The summed E-state index contributed by atoms with van der Waals surface area (Å²) in [6, 6.07) is 0. The van der Waals surface area contributed by atoms with E-state index in [1.165, 1.54) is 13.8 Å². The Morgan fingerprint density at radius 3 is 1.96 bits per heavy atom. The third-order valence-electron chi connectivity index (χ3n) is 3.15. The number of carboxylic acid groups (broad SMARTS) is 1. The van der Waals surface area contributed by atoms with Gasteiger partial charge in [0.1, 0.15) is 5.92 Å². The Morgan fingerprint density at radius 2 is 1.52 bits per heavy atom. The number of nitrogens with one attached hydrogen (secondary N) is 1. The average molecular weight is 327 g/mol. The summed E-state index contributed by atoms with van der Waals surface area (Å²) < 4.78 is 13.9. The van der Waals surface area contributed by atoms with E-state index in [1.807, 2.05) is 0 Å². The molecule has 0 saturated heterocycles. The van der Waals surface area contributed by atoms with Crippen LogP contribution in [0.25, 0.3) is 0 Å². The lowest BCUT2D eigenvalue weighted by Gasteiger charge is -2.28. The molecule has 23 heavy (non-hydrogen) atoms. The summed E-state index contributed by atoms with van der Waals surface area (Å²) in [6.45, 7) is 2.15. The maximum atomic E-state index is 12.1. The summed E-state index contributed by atoms with van der Waals surface area (Å²) in [7, 11) is 2.23. The van der Waals surface area contributed by atoms with Gasteiger partial charge in [0, 0.05) is 11.4 Å². The number of hydrogen-bond donors (Lipinski definition) is 2. The molecule has 0 aliphatic carbocycles. The number of carboxylic acids is 1. The Labute approximate surface area is 131 Å². The Hall–Kier alpha value is -2.84. The summed E-state index contributed by atoms with van der Waals surface area (Å²) in [5.74, 6) is -5.44. The van der Waals surface area contributed by atoms with Gasteiger partial charge in [-0.3, -0.25) is 4.79 Å². The van der Waals surface area contributed by atoms with Crippen LogP contribution in [0.2, 0.25) is 0 Å². The molecule has 9 heteroatoms. The molecular weight excluding hydrogens is 310 g/mol. The van der Waals surface area contributed by atoms with Crippen LogP contribution in [0.1, 0.15) is 13.8 Å². The molecule has 1 rings (SSSR count). The van der Waals surface area contributed by atoms with Gasteiger partial charge in [-0.1, -0.05) is 0 Å². The lowest BCUT2D eigenvalue weighted by molar-refractivity contribution is -0.154. The van der Waals surface area contributed by atoms with Gasteiger partial charge in [0.15, 0.2) is 6.61 Å². The molecule has 0 bridgehead atoms. The zero-order valence-electron chi connectivity index (χ0n) is 13.1. The number of allylic oxidation sites excluding steroid dienone is 2. The molecule has 1 atom stereocenters. The molecule has 0 saturated carbocycles. The van der Waals surface area contributed by atoms with E-state index >= 15 is 0 Å². The molecule has 1 aliphatic heterocycles. The molecule has 0 aromatic heterocycles. The quantitative estimate of drug-likeness (QED) is 0.517. The minimum absolute atomic E-state index is 0.104. The van der Waals surface area contributed by atoms with E-state index in [2.05, 4.69) is 19.5 Å². The summed E-state index contributed by atoms with van der Waals surface area (Å²) in [5.41, 5.74) is 0.261. The van der Waals surface area contributed by atoms with Crippen LogP contribution in [0.15, 0.2) is 22.5 Å². The van der Waals surface area contributed by atoms with Crippen molar-refractivity contribution in [3.8, 4) is 0 Å². The standard InChI is InChI=1S/C14H17NO8/c1-6-9(12(18)21-3)11(13(19)22-4)10(7(2)15-6)14(20)23-5-8(16)17/h11,15H,5H2,1-4H3,(H,16,17). The molecule has 0 radical (unpaired) electrons. The van der Waals surface area contributed by atoms with Crippen LogP contribution in [-0.2, 0) is 33.4 Å². The predicted octanol–water partition coefficient (Wildman–Crippen LogP) is -0.272. The Kier molecular flexibility index (Phi) is 5.88. The normalized spacial score (nSPS) is 17.3. The second kappa shape index (κ2) is 7.43. The van der Waals surface area contributed by atoms with Gasteiger partial charge < -0.3 is 24.6 Å². The second-order valence-corrected chi connectivity index (χ2v) is 4.62. The van der Waals surface area contributed by atoms with Crippen molar-refractivity contribution in [2.45, 2.75) is 13.8 Å². The van der Waals surface area contributed by atoms with E-state index in [0.29, 0.717) is 5.70 Å². The number of rotatable bonds is 5. The molecule has 1 unspecified atom stereocenters. The van der Waals surface area contributed by atoms with Gasteiger partial charge in [-0.15, -0.1) is 0 Å². The van der Waals surface area contributed by atoms with Crippen LogP contribution in [0.4, 0.5) is 0 Å². The van der Waals surface area contributed by atoms with Crippen LogP contribution in [0.3, 0.4) is 0 Å². The molecule has 126 valence electrons. The topological polar surface area (TPSA) is 128 Å². The molecule has 0 aromatic carbocycles. The maximum Gasteiger partial charge on any atom is 0.341 e.